The fraction of sp³-hybridized carbons (Fsp3) is 0.300. The van der Waals surface area contributed by atoms with Crippen molar-refractivity contribution in [1.82, 2.24) is 4.90 Å². The number of carbonyl (C=O) groups excluding carboxylic acids is 1. The molecule has 6 heteroatoms. The Morgan fingerprint density at radius 3 is 2.56 bits per heavy atom. The van der Waals surface area contributed by atoms with Crippen molar-refractivity contribution in [2.24, 2.45) is 0 Å². The molecule has 0 saturated heterocycles. The molecule has 0 aromatic heterocycles. The molecule has 86 valence electrons. The van der Waals surface area contributed by atoms with Crippen molar-refractivity contribution < 1.29 is 9.72 Å². The Hall–Kier alpha value is -1.43. The van der Waals surface area contributed by atoms with Crippen molar-refractivity contribution in [2.45, 2.75) is 5.33 Å². The van der Waals surface area contributed by atoms with E-state index < -0.39 is 4.92 Å². The van der Waals surface area contributed by atoms with Gasteiger partial charge in [0, 0.05) is 25.5 Å². The van der Waals surface area contributed by atoms with E-state index in [-0.39, 0.29) is 17.2 Å². The standard InChI is InChI=1S/C10H11BrN2O3/c1-12(2)10(14)8-5-7(6-11)3-4-9(8)13(15)16/h3-5H,6H2,1-2H3. The van der Waals surface area contributed by atoms with Crippen LogP contribution in [0, 0.1) is 10.1 Å². The van der Waals surface area contributed by atoms with Crippen molar-refractivity contribution in [3.63, 3.8) is 0 Å². The van der Waals surface area contributed by atoms with Gasteiger partial charge in [-0.3, -0.25) is 14.9 Å². The van der Waals surface area contributed by atoms with E-state index in [1.807, 2.05) is 0 Å². The summed E-state index contributed by atoms with van der Waals surface area (Å²) in [6.07, 6.45) is 0. The van der Waals surface area contributed by atoms with Crippen LogP contribution in [0.2, 0.25) is 0 Å². The number of nitro groups is 1. The Bertz CT molecular complexity index is 432. The monoisotopic (exact) mass is 286 g/mol. The third-order valence-corrected chi connectivity index (χ3v) is 2.70. The van der Waals surface area contributed by atoms with Gasteiger partial charge in [-0.15, -0.1) is 0 Å². The summed E-state index contributed by atoms with van der Waals surface area (Å²) in [6.45, 7) is 0. The smallest absolute Gasteiger partial charge is 0.282 e. The van der Waals surface area contributed by atoms with Gasteiger partial charge in [-0.25, -0.2) is 0 Å². The zero-order chi connectivity index (χ0) is 12.3. The molecule has 0 unspecified atom stereocenters. The van der Waals surface area contributed by atoms with Crippen molar-refractivity contribution in [3.05, 3.63) is 39.4 Å². The summed E-state index contributed by atoms with van der Waals surface area (Å²) in [5.74, 6) is -0.366. The topological polar surface area (TPSA) is 63.5 Å². The van der Waals surface area contributed by atoms with E-state index in [2.05, 4.69) is 15.9 Å². The maximum atomic E-state index is 11.7. The van der Waals surface area contributed by atoms with Crippen LogP contribution in [0.25, 0.3) is 0 Å². The maximum absolute atomic E-state index is 11.7. The van der Waals surface area contributed by atoms with Gasteiger partial charge in [0.1, 0.15) is 5.56 Å². The number of carbonyl (C=O) groups is 1. The van der Waals surface area contributed by atoms with Gasteiger partial charge < -0.3 is 4.90 Å². The van der Waals surface area contributed by atoms with Gasteiger partial charge in [0.15, 0.2) is 0 Å². The van der Waals surface area contributed by atoms with Gasteiger partial charge in [-0.2, -0.15) is 0 Å². The molecule has 0 N–H and O–H groups in total. The Morgan fingerprint density at radius 1 is 1.50 bits per heavy atom. The number of nitro benzene ring substituents is 1. The number of amides is 1. The summed E-state index contributed by atoms with van der Waals surface area (Å²) in [5.41, 5.74) is 0.783. The molecule has 1 aromatic rings. The molecule has 0 radical (unpaired) electrons. The van der Waals surface area contributed by atoms with Crippen LogP contribution < -0.4 is 0 Å². The van der Waals surface area contributed by atoms with Gasteiger partial charge in [-0.05, 0) is 11.6 Å². The Labute approximate surface area is 101 Å². The zero-order valence-corrected chi connectivity index (χ0v) is 10.5. The number of rotatable bonds is 3. The van der Waals surface area contributed by atoms with Gasteiger partial charge in [0.05, 0.1) is 4.92 Å². The van der Waals surface area contributed by atoms with E-state index in [4.69, 9.17) is 0 Å². The van der Waals surface area contributed by atoms with Crippen LogP contribution in [-0.4, -0.2) is 29.8 Å². The SMILES string of the molecule is CN(C)C(=O)c1cc(CBr)ccc1[N+](=O)[O-]. The van der Waals surface area contributed by atoms with Gasteiger partial charge in [-0.1, -0.05) is 22.0 Å². The van der Waals surface area contributed by atoms with Crippen molar-refractivity contribution in [2.75, 3.05) is 14.1 Å². The molecule has 0 heterocycles. The highest BCUT2D eigenvalue weighted by molar-refractivity contribution is 9.08. The van der Waals surface area contributed by atoms with Crippen LogP contribution in [0.3, 0.4) is 0 Å². The summed E-state index contributed by atoms with van der Waals surface area (Å²) in [4.78, 5) is 23.3. The molecule has 0 atom stereocenters. The predicted octanol–water partition coefficient (Wildman–Crippen LogP) is 2.19. The molecule has 1 amide bonds. The van der Waals surface area contributed by atoms with E-state index in [1.54, 1.807) is 20.2 Å². The molecular weight excluding hydrogens is 276 g/mol. The minimum atomic E-state index is -0.547. The van der Waals surface area contributed by atoms with Crippen LogP contribution in [0.1, 0.15) is 15.9 Å². The lowest BCUT2D eigenvalue weighted by Gasteiger charge is -2.11. The lowest BCUT2D eigenvalue weighted by atomic mass is 10.1. The largest absolute Gasteiger partial charge is 0.345 e. The first-order valence-electron chi connectivity index (χ1n) is 4.52. The molecule has 0 bridgehead atoms. The van der Waals surface area contributed by atoms with Gasteiger partial charge >= 0.3 is 0 Å². The minimum absolute atomic E-state index is 0.118. The first kappa shape index (κ1) is 12.6. The van der Waals surface area contributed by atoms with Crippen LogP contribution in [-0.2, 0) is 5.33 Å². The molecule has 0 saturated carbocycles. The highest BCUT2D eigenvalue weighted by atomic mass is 79.9. The third kappa shape index (κ3) is 2.57. The quantitative estimate of drug-likeness (QED) is 0.486. The molecule has 5 nitrogen and oxygen atoms in total. The lowest BCUT2D eigenvalue weighted by Crippen LogP contribution is -2.22. The van der Waals surface area contributed by atoms with Crippen LogP contribution in [0.15, 0.2) is 18.2 Å². The fourth-order valence-electron chi connectivity index (χ4n) is 1.24. The summed E-state index contributed by atoms with van der Waals surface area (Å²) in [7, 11) is 3.12. The molecule has 0 aliphatic rings. The first-order valence-corrected chi connectivity index (χ1v) is 5.64. The molecule has 0 spiro atoms. The first-order chi connectivity index (χ1) is 7.47. The minimum Gasteiger partial charge on any atom is -0.345 e. The molecule has 0 aliphatic heterocycles. The van der Waals surface area contributed by atoms with Crippen LogP contribution >= 0.6 is 15.9 Å². The summed E-state index contributed by atoms with van der Waals surface area (Å²) >= 11 is 3.24. The van der Waals surface area contributed by atoms with Crippen LogP contribution in [0.5, 0.6) is 0 Å². The van der Waals surface area contributed by atoms with Crippen molar-refractivity contribution in [1.29, 1.82) is 0 Å². The molecule has 16 heavy (non-hydrogen) atoms. The lowest BCUT2D eigenvalue weighted by molar-refractivity contribution is -0.385. The van der Waals surface area contributed by atoms with E-state index in [1.165, 1.54) is 17.0 Å². The van der Waals surface area contributed by atoms with E-state index in [0.717, 1.165) is 5.56 Å². The van der Waals surface area contributed by atoms with Gasteiger partial charge in [0.2, 0.25) is 0 Å². The molecule has 0 aliphatic carbocycles. The number of hydrogen-bond donors (Lipinski definition) is 0. The fourth-order valence-corrected chi connectivity index (χ4v) is 1.59. The van der Waals surface area contributed by atoms with E-state index in [9.17, 15) is 14.9 Å². The molecule has 1 aromatic carbocycles. The molecule has 1 rings (SSSR count). The summed E-state index contributed by atoms with van der Waals surface area (Å²) in [5, 5.41) is 11.3. The number of hydrogen-bond acceptors (Lipinski definition) is 3. The Morgan fingerprint density at radius 2 is 2.12 bits per heavy atom. The third-order valence-electron chi connectivity index (χ3n) is 2.05. The average Bonchev–Trinajstić information content (AvgIpc) is 2.26. The van der Waals surface area contributed by atoms with Crippen molar-refractivity contribution in [3.8, 4) is 0 Å². The number of nitrogens with zero attached hydrogens (tertiary/aromatic N) is 2. The number of halogens is 1. The Kier molecular flexibility index (Phi) is 4.00. The normalized spacial score (nSPS) is 9.94. The second-order valence-electron chi connectivity index (χ2n) is 3.44. The molecular formula is C10H11BrN2O3. The van der Waals surface area contributed by atoms with E-state index in [0.29, 0.717) is 5.33 Å². The van der Waals surface area contributed by atoms with Crippen LogP contribution in [0.4, 0.5) is 5.69 Å². The summed E-state index contributed by atoms with van der Waals surface area (Å²) in [6, 6.07) is 4.52. The van der Waals surface area contributed by atoms with Crippen molar-refractivity contribution >= 4 is 27.5 Å². The van der Waals surface area contributed by atoms with Gasteiger partial charge in [0.25, 0.3) is 11.6 Å². The highest BCUT2D eigenvalue weighted by Crippen LogP contribution is 2.22. The highest BCUT2D eigenvalue weighted by Gasteiger charge is 2.21. The second kappa shape index (κ2) is 5.07. The maximum Gasteiger partial charge on any atom is 0.282 e. The number of benzene rings is 1. The second-order valence-corrected chi connectivity index (χ2v) is 4.00. The van der Waals surface area contributed by atoms with E-state index >= 15 is 0 Å². The average molecular weight is 287 g/mol. The Balaban J connectivity index is 3.31. The zero-order valence-electron chi connectivity index (χ0n) is 8.94. The summed E-state index contributed by atoms with van der Waals surface area (Å²) < 4.78 is 0. The molecule has 0 fully saturated rings. The predicted molar refractivity (Wildman–Crippen MR) is 63.7 cm³/mol. The number of alkyl halides is 1.